The highest BCUT2D eigenvalue weighted by molar-refractivity contribution is 5.83. The Morgan fingerprint density at radius 1 is 1.36 bits per heavy atom. The molecular formula is C17H21NO4. The summed E-state index contributed by atoms with van der Waals surface area (Å²) in [7, 11) is 0. The van der Waals surface area contributed by atoms with E-state index < -0.39 is 17.1 Å². The van der Waals surface area contributed by atoms with Crippen LogP contribution in [0.1, 0.15) is 32.8 Å². The number of fused-ring (bicyclic) bond motifs is 2. The highest BCUT2D eigenvalue weighted by Gasteiger charge is 2.69. The van der Waals surface area contributed by atoms with Crippen molar-refractivity contribution in [1.29, 1.82) is 0 Å². The van der Waals surface area contributed by atoms with Gasteiger partial charge in [0.25, 0.3) is 0 Å². The van der Waals surface area contributed by atoms with Crippen LogP contribution in [0.15, 0.2) is 30.3 Å². The van der Waals surface area contributed by atoms with E-state index in [4.69, 9.17) is 9.47 Å². The summed E-state index contributed by atoms with van der Waals surface area (Å²) in [5.41, 5.74) is -0.638. The molecule has 2 aliphatic rings. The van der Waals surface area contributed by atoms with Gasteiger partial charge in [0.2, 0.25) is 0 Å². The van der Waals surface area contributed by atoms with Gasteiger partial charge in [0.1, 0.15) is 0 Å². The lowest BCUT2D eigenvalue weighted by Gasteiger charge is -2.47. The van der Waals surface area contributed by atoms with Crippen molar-refractivity contribution >= 4 is 11.9 Å². The fraction of sp³-hybridized carbons (Fsp3) is 0.529. The molecule has 22 heavy (non-hydrogen) atoms. The molecule has 1 aromatic carbocycles. The Labute approximate surface area is 130 Å². The molecule has 2 bridgehead atoms. The molecule has 118 valence electrons. The zero-order valence-corrected chi connectivity index (χ0v) is 13.1. The van der Waals surface area contributed by atoms with Gasteiger partial charge in [-0.15, -0.1) is 0 Å². The maximum absolute atomic E-state index is 12.5. The molecule has 2 heterocycles. The van der Waals surface area contributed by atoms with Gasteiger partial charge in [0, 0.05) is 11.5 Å². The largest absolute Gasteiger partial charge is 0.465 e. The summed E-state index contributed by atoms with van der Waals surface area (Å²) < 4.78 is 11.1. The van der Waals surface area contributed by atoms with Gasteiger partial charge in [-0.05, 0) is 12.5 Å². The van der Waals surface area contributed by atoms with E-state index in [1.54, 1.807) is 6.92 Å². The average Bonchev–Trinajstić information content (AvgIpc) is 2.62. The minimum absolute atomic E-state index is 0.122. The Kier molecular flexibility index (Phi) is 3.48. The number of carbonyl (C=O) groups excluding carboxylic acids is 2. The first kappa shape index (κ1) is 15.0. The fourth-order valence-corrected chi connectivity index (χ4v) is 3.79. The second kappa shape index (κ2) is 5.09. The molecule has 0 radical (unpaired) electrons. The third kappa shape index (κ3) is 1.88. The molecule has 0 amide bonds. The maximum atomic E-state index is 12.5. The third-order valence-corrected chi connectivity index (χ3v) is 4.97. The van der Waals surface area contributed by atoms with Gasteiger partial charge in [-0.3, -0.25) is 14.9 Å². The zero-order chi connectivity index (χ0) is 16.0. The van der Waals surface area contributed by atoms with Crippen LogP contribution in [0.3, 0.4) is 0 Å². The normalized spacial score (nSPS) is 32.4. The van der Waals surface area contributed by atoms with Crippen molar-refractivity contribution in [3.05, 3.63) is 35.9 Å². The summed E-state index contributed by atoms with van der Waals surface area (Å²) in [4.78, 5) is 24.6. The van der Waals surface area contributed by atoms with Crippen molar-refractivity contribution in [1.82, 2.24) is 5.32 Å². The monoisotopic (exact) mass is 303 g/mol. The van der Waals surface area contributed by atoms with Gasteiger partial charge < -0.3 is 9.47 Å². The van der Waals surface area contributed by atoms with Gasteiger partial charge in [-0.2, -0.15) is 0 Å². The molecule has 0 aromatic heterocycles. The van der Waals surface area contributed by atoms with Crippen LogP contribution in [0.5, 0.6) is 0 Å². The second-order valence-corrected chi connectivity index (χ2v) is 6.41. The third-order valence-electron chi connectivity index (χ3n) is 4.97. The Morgan fingerprint density at radius 3 is 2.68 bits per heavy atom. The van der Waals surface area contributed by atoms with Crippen LogP contribution < -0.4 is 5.32 Å². The maximum Gasteiger partial charge on any atom is 0.327 e. The fourth-order valence-electron chi connectivity index (χ4n) is 3.79. The number of benzene rings is 1. The van der Waals surface area contributed by atoms with Crippen molar-refractivity contribution < 1.29 is 19.1 Å². The lowest BCUT2D eigenvalue weighted by atomic mass is 9.65. The molecule has 2 fully saturated rings. The van der Waals surface area contributed by atoms with Crippen molar-refractivity contribution in [2.45, 2.75) is 44.9 Å². The minimum atomic E-state index is -1.04. The molecule has 3 rings (SSSR count). The number of hydrogen-bond acceptors (Lipinski definition) is 5. The molecule has 2 saturated heterocycles. The van der Waals surface area contributed by atoms with Gasteiger partial charge in [0.05, 0.1) is 13.0 Å². The van der Waals surface area contributed by atoms with Crippen LogP contribution in [0.4, 0.5) is 0 Å². The molecule has 5 nitrogen and oxygen atoms in total. The molecule has 1 aromatic rings. The highest BCUT2D eigenvalue weighted by atomic mass is 16.6. The van der Waals surface area contributed by atoms with Crippen LogP contribution >= 0.6 is 0 Å². The standard InChI is InChI=1S/C17H21NO4/c1-4-21-15(20)14-17(11-8-6-5-7-9-11)16(2,3)12(18-14)10-13(19)22-17/h5-9,12,14,18H,4,10H2,1-3H3/t12-,14+,17-/m0/s1. The Morgan fingerprint density at radius 2 is 2.05 bits per heavy atom. The molecule has 5 heteroatoms. The summed E-state index contributed by atoms with van der Waals surface area (Å²) in [6.07, 6.45) is 0.261. The lowest BCUT2D eigenvalue weighted by Crippen LogP contribution is -2.56. The van der Waals surface area contributed by atoms with E-state index in [1.165, 1.54) is 0 Å². The molecule has 0 spiro atoms. The highest BCUT2D eigenvalue weighted by Crippen LogP contribution is 2.56. The van der Waals surface area contributed by atoms with E-state index in [9.17, 15) is 9.59 Å². The van der Waals surface area contributed by atoms with Crippen molar-refractivity contribution in [3.63, 3.8) is 0 Å². The topological polar surface area (TPSA) is 64.6 Å². The van der Waals surface area contributed by atoms with Crippen LogP contribution in [0.25, 0.3) is 0 Å². The van der Waals surface area contributed by atoms with Crippen molar-refractivity contribution in [2.24, 2.45) is 5.41 Å². The molecule has 0 saturated carbocycles. The molecule has 1 N–H and O–H groups in total. The first-order valence-corrected chi connectivity index (χ1v) is 7.63. The molecule has 2 aliphatic heterocycles. The molecule has 0 aliphatic carbocycles. The van der Waals surface area contributed by atoms with Gasteiger partial charge >= 0.3 is 11.9 Å². The summed E-state index contributed by atoms with van der Waals surface area (Å²) in [5.74, 6) is -0.663. The number of esters is 2. The first-order chi connectivity index (χ1) is 10.4. The van der Waals surface area contributed by atoms with Crippen LogP contribution in [-0.4, -0.2) is 30.6 Å². The zero-order valence-electron chi connectivity index (χ0n) is 13.1. The number of hydrogen-bond donors (Lipinski definition) is 1. The number of rotatable bonds is 3. The second-order valence-electron chi connectivity index (χ2n) is 6.41. The SMILES string of the molecule is CCOC(=O)[C@H]1N[C@H]2CC(=O)O[C@]1(c1ccccc1)C2(C)C. The lowest BCUT2D eigenvalue weighted by molar-refractivity contribution is -0.191. The van der Waals surface area contributed by atoms with Crippen molar-refractivity contribution in [3.8, 4) is 0 Å². The summed E-state index contributed by atoms with van der Waals surface area (Å²) in [5, 5.41) is 3.28. The van der Waals surface area contributed by atoms with E-state index in [0.29, 0.717) is 6.61 Å². The van der Waals surface area contributed by atoms with Crippen LogP contribution in [0, 0.1) is 5.41 Å². The van der Waals surface area contributed by atoms with E-state index >= 15 is 0 Å². The molecule has 0 unspecified atom stereocenters. The van der Waals surface area contributed by atoms with Crippen LogP contribution in [0.2, 0.25) is 0 Å². The first-order valence-electron chi connectivity index (χ1n) is 7.63. The van der Waals surface area contributed by atoms with Crippen LogP contribution in [-0.2, 0) is 24.7 Å². The van der Waals surface area contributed by atoms with Gasteiger partial charge in [0.15, 0.2) is 11.6 Å². The summed E-state index contributed by atoms with van der Waals surface area (Å²) >= 11 is 0. The smallest absolute Gasteiger partial charge is 0.327 e. The van der Waals surface area contributed by atoms with E-state index in [0.717, 1.165) is 5.56 Å². The van der Waals surface area contributed by atoms with Crippen molar-refractivity contribution in [2.75, 3.05) is 6.61 Å². The predicted octanol–water partition coefficient (Wildman–Crippen LogP) is 1.76. The Bertz CT molecular complexity index is 598. The van der Waals surface area contributed by atoms with E-state index in [-0.39, 0.29) is 24.4 Å². The van der Waals surface area contributed by atoms with E-state index in [1.807, 2.05) is 44.2 Å². The number of carbonyl (C=O) groups is 2. The van der Waals surface area contributed by atoms with Gasteiger partial charge in [-0.25, -0.2) is 0 Å². The number of nitrogens with one attached hydrogen (secondary N) is 1. The Hall–Kier alpha value is -1.88. The average molecular weight is 303 g/mol. The molecule has 3 atom stereocenters. The summed E-state index contributed by atoms with van der Waals surface area (Å²) in [6.45, 7) is 6.12. The summed E-state index contributed by atoms with van der Waals surface area (Å²) in [6, 6.07) is 8.66. The number of ether oxygens (including phenoxy) is 2. The van der Waals surface area contributed by atoms with Gasteiger partial charge in [-0.1, -0.05) is 44.2 Å². The quantitative estimate of drug-likeness (QED) is 0.862. The Balaban J connectivity index is 2.16. The van der Waals surface area contributed by atoms with E-state index in [2.05, 4.69) is 5.32 Å². The molecular weight excluding hydrogens is 282 g/mol. The minimum Gasteiger partial charge on any atom is -0.465 e. The predicted molar refractivity (Wildman–Crippen MR) is 80.0 cm³/mol.